The van der Waals surface area contributed by atoms with Crippen molar-refractivity contribution in [3.63, 3.8) is 0 Å². The van der Waals surface area contributed by atoms with Crippen molar-refractivity contribution in [1.29, 1.82) is 0 Å². The molecule has 0 atom stereocenters. The van der Waals surface area contributed by atoms with Crippen LogP contribution in [-0.2, 0) is 0 Å². The number of hydrogen-bond acceptors (Lipinski definition) is 2. The van der Waals surface area contributed by atoms with Gasteiger partial charge in [-0.3, -0.25) is 0 Å². The molecule has 17 heavy (non-hydrogen) atoms. The van der Waals surface area contributed by atoms with E-state index in [1.807, 2.05) is 36.2 Å². The fraction of sp³-hybridized carbons (Fsp3) is 0.143. The second kappa shape index (κ2) is 4.34. The molecule has 1 aromatic heterocycles. The molecule has 1 aromatic carbocycles. The first-order valence-corrected chi connectivity index (χ1v) is 6.58. The molecule has 84 valence electrons. The van der Waals surface area contributed by atoms with Gasteiger partial charge in [-0.25, -0.2) is 4.58 Å². The van der Waals surface area contributed by atoms with Crippen molar-refractivity contribution in [2.45, 2.75) is 11.8 Å². The third kappa shape index (κ3) is 1.98. The average molecular weight is 241 g/mol. The number of aryl methyl sites for hydroxylation is 1. The first kappa shape index (κ1) is 10.5. The van der Waals surface area contributed by atoms with E-state index in [9.17, 15) is 0 Å². The summed E-state index contributed by atoms with van der Waals surface area (Å²) in [5, 5.41) is 0. The Morgan fingerprint density at radius 2 is 2.12 bits per heavy atom. The monoisotopic (exact) mass is 241 g/mol. The first-order valence-electron chi connectivity index (χ1n) is 5.59. The van der Waals surface area contributed by atoms with E-state index in [2.05, 4.69) is 40.9 Å². The molecule has 0 saturated carbocycles. The Kier molecular flexibility index (Phi) is 2.69. The summed E-state index contributed by atoms with van der Waals surface area (Å²) >= 11 is 1.87. The van der Waals surface area contributed by atoms with Gasteiger partial charge in [0.05, 0.1) is 0 Å². The Balaban J connectivity index is 2.07. The zero-order valence-corrected chi connectivity index (χ0v) is 10.4. The molecule has 0 bridgehead atoms. The van der Waals surface area contributed by atoms with E-state index in [4.69, 9.17) is 0 Å². The van der Waals surface area contributed by atoms with Gasteiger partial charge in [0.1, 0.15) is 18.3 Å². The quantitative estimate of drug-likeness (QED) is 0.713. The zero-order valence-electron chi connectivity index (χ0n) is 9.63. The second-order valence-corrected chi connectivity index (χ2v) is 5.01. The van der Waals surface area contributed by atoms with Gasteiger partial charge in [0.15, 0.2) is 0 Å². The highest BCUT2D eigenvalue weighted by Crippen LogP contribution is 2.30. The van der Waals surface area contributed by atoms with E-state index in [1.165, 1.54) is 16.0 Å². The molecule has 0 N–H and O–H groups in total. The minimum Gasteiger partial charge on any atom is -0.221 e. The van der Waals surface area contributed by atoms with Crippen molar-refractivity contribution in [2.75, 3.05) is 5.88 Å². The van der Waals surface area contributed by atoms with Gasteiger partial charge in [-0.05, 0) is 23.5 Å². The largest absolute Gasteiger partial charge is 0.323 e. The maximum atomic E-state index is 4.38. The lowest BCUT2D eigenvalue weighted by Gasteiger charge is -2.14. The SMILES string of the molecule is Cc1cccc2c1SC[N+](c1ccccn1)=C2. The summed E-state index contributed by atoms with van der Waals surface area (Å²) in [5.74, 6) is 1.93. The van der Waals surface area contributed by atoms with Crippen LogP contribution >= 0.6 is 11.8 Å². The topological polar surface area (TPSA) is 15.9 Å². The highest BCUT2D eigenvalue weighted by atomic mass is 32.2. The lowest BCUT2D eigenvalue weighted by molar-refractivity contribution is -0.415. The minimum atomic E-state index is 0.925. The van der Waals surface area contributed by atoms with E-state index in [-0.39, 0.29) is 0 Å². The molecule has 2 aromatic rings. The summed E-state index contributed by atoms with van der Waals surface area (Å²) in [6, 6.07) is 12.4. The fourth-order valence-corrected chi connectivity index (χ4v) is 3.03. The summed E-state index contributed by atoms with van der Waals surface area (Å²) in [4.78, 5) is 5.77. The predicted molar refractivity (Wildman–Crippen MR) is 71.2 cm³/mol. The Morgan fingerprint density at radius 1 is 1.18 bits per heavy atom. The van der Waals surface area contributed by atoms with Crippen LogP contribution in [0.4, 0.5) is 5.82 Å². The molecule has 0 amide bonds. The van der Waals surface area contributed by atoms with Gasteiger partial charge < -0.3 is 0 Å². The number of pyridine rings is 1. The van der Waals surface area contributed by atoms with Crippen molar-refractivity contribution in [1.82, 2.24) is 4.98 Å². The van der Waals surface area contributed by atoms with Gasteiger partial charge in [-0.15, -0.1) is 0 Å². The number of nitrogens with zero attached hydrogens (tertiary/aromatic N) is 2. The van der Waals surface area contributed by atoms with Gasteiger partial charge >= 0.3 is 5.82 Å². The van der Waals surface area contributed by atoms with Gasteiger partial charge in [0.2, 0.25) is 0 Å². The first-order chi connectivity index (χ1) is 8.34. The fourth-order valence-electron chi connectivity index (χ4n) is 1.97. The summed E-state index contributed by atoms with van der Waals surface area (Å²) in [6.07, 6.45) is 4.01. The molecule has 1 aliphatic rings. The van der Waals surface area contributed by atoms with Gasteiger partial charge in [-0.2, -0.15) is 0 Å². The molecule has 1 aliphatic heterocycles. The average Bonchev–Trinajstić information content (AvgIpc) is 2.40. The molecular weight excluding hydrogens is 228 g/mol. The van der Waals surface area contributed by atoms with Crippen molar-refractivity contribution < 1.29 is 4.58 Å². The van der Waals surface area contributed by atoms with Crippen molar-refractivity contribution in [2.24, 2.45) is 0 Å². The second-order valence-electron chi connectivity index (χ2n) is 4.05. The molecular formula is C14H13N2S+. The Bertz CT molecular complexity index is 576. The molecule has 2 nitrogen and oxygen atoms in total. The third-order valence-corrected chi connectivity index (χ3v) is 4.08. The normalized spacial score (nSPS) is 14.1. The molecule has 0 spiro atoms. The molecule has 0 unspecified atom stereocenters. The Hall–Kier alpha value is -1.61. The summed E-state index contributed by atoms with van der Waals surface area (Å²) in [7, 11) is 0. The van der Waals surface area contributed by atoms with Gasteiger partial charge in [-0.1, -0.05) is 36.0 Å². The Morgan fingerprint density at radius 3 is 2.94 bits per heavy atom. The molecule has 3 heteroatoms. The van der Waals surface area contributed by atoms with Gasteiger partial charge in [0, 0.05) is 16.5 Å². The molecule has 3 rings (SSSR count). The summed E-state index contributed by atoms with van der Waals surface area (Å²) in [5.41, 5.74) is 2.64. The number of benzene rings is 1. The van der Waals surface area contributed by atoms with Crippen LogP contribution in [0.3, 0.4) is 0 Å². The molecule has 0 fully saturated rings. The van der Waals surface area contributed by atoms with Crippen LogP contribution in [-0.4, -0.2) is 21.7 Å². The van der Waals surface area contributed by atoms with Crippen LogP contribution < -0.4 is 0 Å². The lowest BCUT2D eigenvalue weighted by atomic mass is 10.1. The van der Waals surface area contributed by atoms with Crippen LogP contribution in [0.1, 0.15) is 11.1 Å². The maximum absolute atomic E-state index is 4.38. The smallest absolute Gasteiger partial charge is 0.221 e. The van der Waals surface area contributed by atoms with E-state index in [1.54, 1.807) is 0 Å². The lowest BCUT2D eigenvalue weighted by Crippen LogP contribution is -2.14. The van der Waals surface area contributed by atoms with E-state index < -0.39 is 0 Å². The van der Waals surface area contributed by atoms with Crippen molar-refractivity contribution in [3.8, 4) is 0 Å². The van der Waals surface area contributed by atoms with Crippen LogP contribution in [0.2, 0.25) is 0 Å². The van der Waals surface area contributed by atoms with Crippen molar-refractivity contribution >= 4 is 23.8 Å². The van der Waals surface area contributed by atoms with Crippen LogP contribution in [0.25, 0.3) is 0 Å². The third-order valence-electron chi connectivity index (χ3n) is 2.83. The minimum absolute atomic E-state index is 0.925. The van der Waals surface area contributed by atoms with Crippen LogP contribution in [0.15, 0.2) is 47.5 Å². The highest BCUT2D eigenvalue weighted by molar-refractivity contribution is 7.99. The molecule has 0 saturated heterocycles. The van der Waals surface area contributed by atoms with E-state index in [0.29, 0.717) is 0 Å². The summed E-state index contributed by atoms with van der Waals surface area (Å²) in [6.45, 7) is 2.16. The number of hydrogen-bond donors (Lipinski definition) is 0. The zero-order chi connectivity index (χ0) is 11.7. The molecule has 2 heterocycles. The number of fused-ring (bicyclic) bond motifs is 1. The summed E-state index contributed by atoms with van der Waals surface area (Å²) < 4.78 is 2.19. The number of thioether (sulfide) groups is 1. The van der Waals surface area contributed by atoms with Crippen molar-refractivity contribution in [3.05, 3.63) is 53.7 Å². The van der Waals surface area contributed by atoms with Crippen LogP contribution in [0, 0.1) is 6.92 Å². The van der Waals surface area contributed by atoms with Gasteiger partial charge in [0.25, 0.3) is 0 Å². The van der Waals surface area contributed by atoms with E-state index in [0.717, 1.165) is 11.7 Å². The van der Waals surface area contributed by atoms with E-state index >= 15 is 0 Å². The molecule has 0 aliphatic carbocycles. The number of rotatable bonds is 1. The molecule has 0 radical (unpaired) electrons. The predicted octanol–water partition coefficient (Wildman–Crippen LogP) is 3.22. The Labute approximate surface area is 105 Å². The standard InChI is InChI=1S/C14H13N2S/c1-11-5-4-6-12-9-16(10-17-14(11)12)13-7-2-3-8-15-13/h2-9H,10H2,1H3/q+1. The highest BCUT2D eigenvalue weighted by Gasteiger charge is 2.17. The van der Waals surface area contributed by atoms with Crippen LogP contribution in [0.5, 0.6) is 0 Å². The number of aromatic nitrogens is 1. The maximum Gasteiger partial charge on any atom is 0.323 e.